The number of benzene rings is 2. The highest BCUT2D eigenvalue weighted by Gasteiger charge is 2.17. The number of anilines is 1. The second-order valence-electron chi connectivity index (χ2n) is 8.28. The Hall–Kier alpha value is -2.73. The molecular weight excluding hydrogens is 416 g/mol. The van der Waals surface area contributed by atoms with E-state index in [0.717, 1.165) is 5.56 Å². The first-order valence-corrected chi connectivity index (χ1v) is 10.7. The van der Waals surface area contributed by atoms with E-state index in [9.17, 15) is 9.59 Å². The van der Waals surface area contributed by atoms with Crippen LogP contribution in [0.5, 0.6) is 11.5 Å². The van der Waals surface area contributed by atoms with Gasteiger partial charge in [0.05, 0.1) is 18.7 Å². The van der Waals surface area contributed by atoms with E-state index in [1.54, 1.807) is 30.3 Å². The molecule has 0 aliphatic heterocycles. The Morgan fingerprint density at radius 3 is 2.29 bits per heavy atom. The molecule has 0 saturated carbocycles. The molecule has 6 nitrogen and oxygen atoms in total. The number of aryl methyl sites for hydroxylation is 1. The van der Waals surface area contributed by atoms with Crippen LogP contribution < -0.4 is 20.1 Å². The number of carbonyl (C=O) groups is 2. The Bertz CT molecular complexity index is 941. The third kappa shape index (κ3) is 6.89. The lowest BCUT2D eigenvalue weighted by Gasteiger charge is -2.16. The van der Waals surface area contributed by atoms with E-state index in [0.29, 0.717) is 58.3 Å². The van der Waals surface area contributed by atoms with E-state index in [-0.39, 0.29) is 11.8 Å². The van der Waals surface area contributed by atoms with E-state index in [1.165, 1.54) is 7.11 Å². The Morgan fingerprint density at radius 1 is 1.00 bits per heavy atom. The molecular formula is C24H31ClN2O4. The highest BCUT2D eigenvalue weighted by atomic mass is 35.5. The molecule has 0 atom stereocenters. The van der Waals surface area contributed by atoms with Crippen molar-refractivity contribution in [1.29, 1.82) is 0 Å². The molecule has 7 heteroatoms. The number of methoxy groups -OCH3 is 1. The first-order chi connectivity index (χ1) is 14.6. The van der Waals surface area contributed by atoms with Crippen molar-refractivity contribution in [3.8, 4) is 11.5 Å². The maximum absolute atomic E-state index is 12.8. The molecule has 2 N–H and O–H groups in total. The lowest BCUT2D eigenvalue weighted by atomic mass is 10.1. The largest absolute Gasteiger partial charge is 0.493 e. The van der Waals surface area contributed by atoms with E-state index in [4.69, 9.17) is 21.1 Å². The van der Waals surface area contributed by atoms with Gasteiger partial charge in [0.25, 0.3) is 11.8 Å². The zero-order chi connectivity index (χ0) is 23.1. The van der Waals surface area contributed by atoms with Gasteiger partial charge in [-0.15, -0.1) is 0 Å². The summed E-state index contributed by atoms with van der Waals surface area (Å²) < 4.78 is 11.1. The topological polar surface area (TPSA) is 76.7 Å². The molecule has 31 heavy (non-hydrogen) atoms. The first kappa shape index (κ1) is 24.5. The Morgan fingerprint density at radius 2 is 1.71 bits per heavy atom. The van der Waals surface area contributed by atoms with E-state index < -0.39 is 0 Å². The van der Waals surface area contributed by atoms with Crippen LogP contribution in [-0.2, 0) is 0 Å². The fourth-order valence-corrected chi connectivity index (χ4v) is 3.04. The lowest BCUT2D eigenvalue weighted by molar-refractivity contribution is 0.0948. The SMILES string of the molecule is COc1cc(C(=O)Nc2ccc(C(=O)NCC(C)C)cc2C)cc(Cl)c1OCC(C)C. The van der Waals surface area contributed by atoms with Gasteiger partial charge < -0.3 is 20.1 Å². The average molecular weight is 447 g/mol. The number of nitrogens with one attached hydrogen (secondary N) is 2. The number of ether oxygens (including phenoxy) is 2. The Balaban J connectivity index is 2.17. The zero-order valence-corrected chi connectivity index (χ0v) is 19.7. The predicted molar refractivity (Wildman–Crippen MR) is 125 cm³/mol. The van der Waals surface area contributed by atoms with Gasteiger partial charge in [-0.1, -0.05) is 39.3 Å². The first-order valence-electron chi connectivity index (χ1n) is 10.3. The van der Waals surface area contributed by atoms with Crippen molar-refractivity contribution < 1.29 is 19.1 Å². The second kappa shape index (κ2) is 11.0. The lowest BCUT2D eigenvalue weighted by Crippen LogP contribution is -2.27. The standard InChI is InChI=1S/C24H31ClN2O4/c1-14(2)12-26-23(28)17-7-8-20(16(5)9-17)27-24(29)18-10-19(25)22(21(11-18)30-6)31-13-15(3)4/h7-11,14-15H,12-13H2,1-6H3,(H,26,28)(H,27,29). The van der Waals surface area contributed by atoms with Crippen LogP contribution in [0, 0.1) is 18.8 Å². The number of amides is 2. The number of halogens is 1. The second-order valence-corrected chi connectivity index (χ2v) is 8.69. The van der Waals surface area contributed by atoms with E-state index in [2.05, 4.69) is 10.6 Å². The third-order valence-electron chi connectivity index (χ3n) is 4.46. The summed E-state index contributed by atoms with van der Waals surface area (Å²) in [7, 11) is 1.50. The Labute approximate surface area is 189 Å². The predicted octanol–water partition coefficient (Wildman–Crippen LogP) is 5.33. The van der Waals surface area contributed by atoms with Crippen LogP contribution in [0.25, 0.3) is 0 Å². The van der Waals surface area contributed by atoms with Gasteiger partial charge in [0, 0.05) is 23.4 Å². The van der Waals surface area contributed by atoms with Crippen molar-refractivity contribution in [3.63, 3.8) is 0 Å². The molecule has 0 fully saturated rings. The van der Waals surface area contributed by atoms with Crippen LogP contribution in [0.2, 0.25) is 5.02 Å². The molecule has 2 rings (SSSR count). The highest BCUT2D eigenvalue weighted by Crippen LogP contribution is 2.37. The molecule has 0 unspecified atom stereocenters. The van der Waals surface area contributed by atoms with Gasteiger partial charge in [-0.3, -0.25) is 9.59 Å². The summed E-state index contributed by atoms with van der Waals surface area (Å²) in [5.41, 5.74) is 2.28. The summed E-state index contributed by atoms with van der Waals surface area (Å²) in [6.45, 7) is 11.1. The van der Waals surface area contributed by atoms with Gasteiger partial charge in [0.2, 0.25) is 0 Å². The fraction of sp³-hybridized carbons (Fsp3) is 0.417. The average Bonchev–Trinajstić information content (AvgIpc) is 2.71. The number of hydrogen-bond acceptors (Lipinski definition) is 4. The fourth-order valence-electron chi connectivity index (χ4n) is 2.78. The van der Waals surface area contributed by atoms with Crippen LogP contribution in [0.1, 0.15) is 54.0 Å². The number of carbonyl (C=O) groups excluding carboxylic acids is 2. The smallest absolute Gasteiger partial charge is 0.255 e. The summed E-state index contributed by atoms with van der Waals surface area (Å²) in [6.07, 6.45) is 0. The molecule has 0 spiro atoms. The van der Waals surface area contributed by atoms with Gasteiger partial charge in [-0.2, -0.15) is 0 Å². The molecule has 2 aromatic rings. The van der Waals surface area contributed by atoms with Crippen LogP contribution in [0.3, 0.4) is 0 Å². The van der Waals surface area contributed by atoms with Crippen LogP contribution in [-0.4, -0.2) is 32.1 Å². The quantitative estimate of drug-likeness (QED) is 0.545. The van der Waals surface area contributed by atoms with Crippen molar-refractivity contribution in [1.82, 2.24) is 5.32 Å². The maximum Gasteiger partial charge on any atom is 0.255 e. The van der Waals surface area contributed by atoms with Crippen molar-refractivity contribution >= 4 is 29.1 Å². The molecule has 0 saturated heterocycles. The molecule has 2 aromatic carbocycles. The van der Waals surface area contributed by atoms with E-state index >= 15 is 0 Å². The molecule has 0 heterocycles. The van der Waals surface area contributed by atoms with Crippen molar-refractivity contribution in [2.24, 2.45) is 11.8 Å². The van der Waals surface area contributed by atoms with Crippen LogP contribution >= 0.6 is 11.6 Å². The van der Waals surface area contributed by atoms with E-state index in [1.807, 2.05) is 34.6 Å². The van der Waals surface area contributed by atoms with Gasteiger partial charge in [-0.05, 0) is 54.7 Å². The monoisotopic (exact) mass is 446 g/mol. The van der Waals surface area contributed by atoms with Crippen molar-refractivity contribution in [3.05, 3.63) is 52.0 Å². The molecule has 168 valence electrons. The molecule has 0 aromatic heterocycles. The summed E-state index contributed by atoms with van der Waals surface area (Å²) in [4.78, 5) is 25.1. The molecule has 0 aliphatic rings. The van der Waals surface area contributed by atoms with Gasteiger partial charge in [0.1, 0.15) is 0 Å². The molecule has 2 amide bonds. The van der Waals surface area contributed by atoms with Gasteiger partial charge in [0.15, 0.2) is 11.5 Å². The highest BCUT2D eigenvalue weighted by molar-refractivity contribution is 6.32. The summed E-state index contributed by atoms with van der Waals surface area (Å²) in [5.74, 6) is 1.03. The number of rotatable bonds is 9. The van der Waals surface area contributed by atoms with Crippen molar-refractivity contribution in [2.45, 2.75) is 34.6 Å². The summed E-state index contributed by atoms with van der Waals surface area (Å²) >= 11 is 6.35. The third-order valence-corrected chi connectivity index (χ3v) is 4.74. The normalized spacial score (nSPS) is 10.9. The minimum Gasteiger partial charge on any atom is -0.493 e. The Kier molecular flexibility index (Phi) is 8.75. The van der Waals surface area contributed by atoms with Gasteiger partial charge in [-0.25, -0.2) is 0 Å². The molecule has 0 bridgehead atoms. The maximum atomic E-state index is 12.8. The minimum atomic E-state index is -0.337. The van der Waals surface area contributed by atoms with Gasteiger partial charge >= 0.3 is 0 Å². The number of hydrogen-bond donors (Lipinski definition) is 2. The summed E-state index contributed by atoms with van der Waals surface area (Å²) in [6, 6.07) is 8.31. The minimum absolute atomic E-state index is 0.136. The summed E-state index contributed by atoms with van der Waals surface area (Å²) in [5, 5.41) is 6.06. The van der Waals surface area contributed by atoms with Crippen molar-refractivity contribution in [2.75, 3.05) is 25.6 Å². The van der Waals surface area contributed by atoms with Crippen LogP contribution in [0.4, 0.5) is 5.69 Å². The molecule has 0 aliphatic carbocycles. The zero-order valence-electron chi connectivity index (χ0n) is 19.0. The van der Waals surface area contributed by atoms with Crippen LogP contribution in [0.15, 0.2) is 30.3 Å². The molecule has 0 radical (unpaired) electrons.